The normalized spacial score (nSPS) is 9.71. The average Bonchev–Trinajstić information content (AvgIpc) is 3.83. The van der Waals surface area contributed by atoms with E-state index in [2.05, 4.69) is 29.9 Å². The molecule has 15 heteroatoms. The SMILES string of the molecule is C.COCc1cn(C)cn1.COCc1cnc[nH]1.COCc1csc(C)n1.COCc1cscn1.COCc1nc(C)oc1C. The third-order valence-corrected chi connectivity index (χ3v) is 6.38. The van der Waals surface area contributed by atoms with Crippen molar-refractivity contribution in [1.29, 1.82) is 0 Å². The molecule has 5 rings (SSSR count). The molecule has 0 spiro atoms. The quantitative estimate of drug-likeness (QED) is 0.185. The van der Waals surface area contributed by atoms with E-state index < -0.39 is 0 Å². The molecule has 5 aromatic rings. The highest BCUT2D eigenvalue weighted by molar-refractivity contribution is 7.09. The molecule has 1 N–H and O–H groups in total. The Kier molecular flexibility index (Phi) is 24.1. The van der Waals surface area contributed by atoms with Crippen molar-refractivity contribution in [2.75, 3.05) is 35.5 Å². The van der Waals surface area contributed by atoms with Crippen molar-refractivity contribution in [3.8, 4) is 0 Å². The van der Waals surface area contributed by atoms with Gasteiger partial charge < -0.3 is 37.7 Å². The van der Waals surface area contributed by atoms with Crippen LogP contribution in [0.4, 0.5) is 0 Å². The third kappa shape index (κ3) is 19.6. The lowest BCUT2D eigenvalue weighted by atomic mass is 10.4. The van der Waals surface area contributed by atoms with Crippen LogP contribution in [0.3, 0.4) is 0 Å². The van der Waals surface area contributed by atoms with Gasteiger partial charge >= 0.3 is 0 Å². The van der Waals surface area contributed by atoms with Gasteiger partial charge in [-0.15, -0.1) is 22.7 Å². The molecular formula is C30H49N7O6S2. The van der Waals surface area contributed by atoms with E-state index in [4.69, 9.17) is 28.1 Å². The molecule has 0 bridgehead atoms. The number of hydrogen-bond donors (Lipinski definition) is 1. The Balaban J connectivity index is 0.000000536. The maximum Gasteiger partial charge on any atom is 0.191 e. The summed E-state index contributed by atoms with van der Waals surface area (Å²) >= 11 is 3.24. The Morgan fingerprint density at radius 2 is 1.44 bits per heavy atom. The number of hydrogen-bond acceptors (Lipinski definition) is 13. The first kappa shape index (κ1) is 41.7. The zero-order chi connectivity index (χ0) is 32.6. The number of aryl methyl sites for hydroxylation is 4. The number of ether oxygens (including phenoxy) is 5. The van der Waals surface area contributed by atoms with E-state index in [-0.39, 0.29) is 7.43 Å². The molecule has 0 aliphatic heterocycles. The maximum absolute atomic E-state index is 5.18. The second-order valence-electron chi connectivity index (χ2n) is 8.85. The van der Waals surface area contributed by atoms with Crippen LogP contribution < -0.4 is 0 Å². The van der Waals surface area contributed by atoms with Gasteiger partial charge in [0, 0.05) is 66.5 Å². The topological polar surface area (TPSA) is 144 Å². The number of methoxy groups -OCH3 is 5. The molecule has 0 saturated carbocycles. The number of H-pyrrole nitrogens is 1. The number of nitrogens with one attached hydrogen (secondary N) is 1. The number of thiazole rings is 2. The summed E-state index contributed by atoms with van der Waals surface area (Å²) in [5.74, 6) is 1.55. The van der Waals surface area contributed by atoms with E-state index in [9.17, 15) is 0 Å². The van der Waals surface area contributed by atoms with Crippen LogP contribution >= 0.6 is 22.7 Å². The Morgan fingerprint density at radius 3 is 1.89 bits per heavy atom. The van der Waals surface area contributed by atoms with Crippen LogP contribution in [-0.4, -0.2) is 70.0 Å². The highest BCUT2D eigenvalue weighted by atomic mass is 32.1. The van der Waals surface area contributed by atoms with Gasteiger partial charge in [0.1, 0.15) is 11.5 Å². The number of rotatable bonds is 10. The van der Waals surface area contributed by atoms with Crippen LogP contribution in [0.5, 0.6) is 0 Å². The van der Waals surface area contributed by atoms with Gasteiger partial charge in [-0.25, -0.2) is 24.9 Å². The Labute approximate surface area is 275 Å². The van der Waals surface area contributed by atoms with Gasteiger partial charge in [-0.1, -0.05) is 7.43 Å². The number of aromatic amines is 1. The molecule has 5 aromatic heterocycles. The molecule has 0 unspecified atom stereocenters. The molecule has 0 saturated heterocycles. The van der Waals surface area contributed by atoms with E-state index in [1.165, 1.54) is 0 Å². The zero-order valence-corrected chi connectivity index (χ0v) is 28.7. The molecule has 252 valence electrons. The minimum absolute atomic E-state index is 0. The Hall–Kier alpha value is -3.31. The molecule has 0 atom stereocenters. The number of oxazole rings is 1. The van der Waals surface area contributed by atoms with Gasteiger partial charge in [0.15, 0.2) is 5.89 Å². The van der Waals surface area contributed by atoms with Crippen molar-refractivity contribution in [3.05, 3.63) is 86.4 Å². The second kappa shape index (κ2) is 26.0. The van der Waals surface area contributed by atoms with Crippen LogP contribution in [0.25, 0.3) is 0 Å². The minimum Gasteiger partial charge on any atom is -0.446 e. The molecule has 0 aromatic carbocycles. The van der Waals surface area contributed by atoms with Gasteiger partial charge in [-0.3, -0.25) is 0 Å². The monoisotopic (exact) mass is 667 g/mol. The van der Waals surface area contributed by atoms with E-state index in [0.29, 0.717) is 38.9 Å². The molecule has 45 heavy (non-hydrogen) atoms. The van der Waals surface area contributed by atoms with Gasteiger partial charge in [0.25, 0.3) is 0 Å². The number of aromatic nitrogens is 7. The first-order valence-electron chi connectivity index (χ1n) is 13.4. The van der Waals surface area contributed by atoms with Crippen LogP contribution in [0.1, 0.15) is 52.6 Å². The fraction of sp³-hybridized carbons (Fsp3) is 0.500. The summed E-state index contributed by atoms with van der Waals surface area (Å²) in [6.45, 7) is 8.70. The molecule has 13 nitrogen and oxygen atoms in total. The van der Waals surface area contributed by atoms with Crippen molar-refractivity contribution in [2.24, 2.45) is 7.05 Å². The fourth-order valence-electron chi connectivity index (χ4n) is 3.13. The number of nitrogens with zero attached hydrogens (tertiary/aromatic N) is 6. The van der Waals surface area contributed by atoms with Crippen molar-refractivity contribution in [2.45, 2.75) is 61.2 Å². The van der Waals surface area contributed by atoms with E-state index >= 15 is 0 Å². The largest absolute Gasteiger partial charge is 0.446 e. The summed E-state index contributed by atoms with van der Waals surface area (Å²) in [6, 6.07) is 0. The predicted octanol–water partition coefficient (Wildman–Crippen LogP) is 6.08. The fourth-order valence-corrected chi connectivity index (χ4v) is 4.27. The van der Waals surface area contributed by atoms with Gasteiger partial charge in [0.2, 0.25) is 0 Å². The summed E-state index contributed by atoms with van der Waals surface area (Å²) in [4.78, 5) is 23.1. The zero-order valence-electron chi connectivity index (χ0n) is 27.0. The lowest BCUT2D eigenvalue weighted by Gasteiger charge is -1.91. The van der Waals surface area contributed by atoms with Gasteiger partial charge in [-0.2, -0.15) is 0 Å². The van der Waals surface area contributed by atoms with Gasteiger partial charge in [0.05, 0.1) is 85.2 Å². The van der Waals surface area contributed by atoms with Crippen molar-refractivity contribution < 1.29 is 28.1 Å². The van der Waals surface area contributed by atoms with Gasteiger partial charge in [-0.05, 0) is 13.8 Å². The lowest BCUT2D eigenvalue weighted by molar-refractivity contribution is 0.180. The predicted molar refractivity (Wildman–Crippen MR) is 177 cm³/mol. The van der Waals surface area contributed by atoms with E-state index in [1.807, 2.05) is 49.3 Å². The van der Waals surface area contributed by atoms with Crippen molar-refractivity contribution >= 4 is 22.7 Å². The standard InChI is InChI=1S/C7H11NO2.C6H10N2O.C6H9NOS.C5H8N2O.C5H7NOS.CH4/c1-5-7(4-9-3)8-6(2)10-5;1-8-3-6(4-9-2)7-5-8;1-5-7-6(3-8-2)4-9-5;1-8-3-5-2-6-4-7-5;1-7-2-5-3-8-4-6-5;/h4H2,1-3H3;3,5H,4H2,1-2H3;4H,3H2,1-2H3;2,4H,3H2,1H3,(H,6,7);3-4H,2H2,1H3;1H4. The van der Waals surface area contributed by atoms with Crippen molar-refractivity contribution in [3.63, 3.8) is 0 Å². The first-order chi connectivity index (χ1) is 21.3. The average molecular weight is 668 g/mol. The van der Waals surface area contributed by atoms with Crippen molar-refractivity contribution in [1.82, 2.24) is 34.5 Å². The first-order valence-corrected chi connectivity index (χ1v) is 15.2. The molecule has 0 aliphatic rings. The smallest absolute Gasteiger partial charge is 0.191 e. The third-order valence-electron chi connectivity index (χ3n) is 4.92. The molecule has 0 amide bonds. The molecular weight excluding hydrogens is 619 g/mol. The van der Waals surface area contributed by atoms with E-state index in [1.54, 1.807) is 82.6 Å². The maximum atomic E-state index is 5.18. The summed E-state index contributed by atoms with van der Waals surface area (Å²) in [5.41, 5.74) is 6.71. The van der Waals surface area contributed by atoms with Crippen LogP contribution in [0.2, 0.25) is 0 Å². The highest BCUT2D eigenvalue weighted by Crippen LogP contribution is 2.09. The van der Waals surface area contributed by atoms with Crippen LogP contribution in [0.15, 0.2) is 45.7 Å². The summed E-state index contributed by atoms with van der Waals surface area (Å²) < 4.78 is 31.4. The van der Waals surface area contributed by atoms with Crippen LogP contribution in [0, 0.1) is 20.8 Å². The van der Waals surface area contributed by atoms with Crippen LogP contribution in [-0.2, 0) is 63.8 Å². The number of imidazole rings is 2. The molecule has 5 heterocycles. The highest BCUT2D eigenvalue weighted by Gasteiger charge is 2.04. The second-order valence-corrected chi connectivity index (χ2v) is 10.6. The lowest BCUT2D eigenvalue weighted by Crippen LogP contribution is -1.89. The minimum atomic E-state index is 0. The summed E-state index contributed by atoms with van der Waals surface area (Å²) in [7, 11) is 10.2. The molecule has 0 radical (unpaired) electrons. The summed E-state index contributed by atoms with van der Waals surface area (Å²) in [6.07, 6.45) is 7.07. The molecule has 0 aliphatic carbocycles. The molecule has 0 fully saturated rings. The van der Waals surface area contributed by atoms with E-state index in [0.717, 1.165) is 39.2 Å². The Morgan fingerprint density at radius 1 is 0.800 bits per heavy atom. The Bertz CT molecular complexity index is 1260. The summed E-state index contributed by atoms with van der Waals surface area (Å²) in [5, 5.41) is 5.09.